The summed E-state index contributed by atoms with van der Waals surface area (Å²) in [6.07, 6.45) is 78.0. The van der Waals surface area contributed by atoms with Crippen molar-refractivity contribution in [1.82, 2.24) is 0 Å². The van der Waals surface area contributed by atoms with Crippen LogP contribution in [0.15, 0.2) is 134 Å². The van der Waals surface area contributed by atoms with E-state index in [0.29, 0.717) is 6.42 Å². The standard InChI is InChI=1S/C61H100NO8P/c1-3-5-7-9-11-13-15-16-17-18-19-20-21-22-23-24-25-26-27-28-29-30-31-32-33-34-35-36-37-38-39-40-41-42-44-46-48-50-52-54-61(64)70-59(58-69-71(65,66)68-56-55-62)57-67-60(63)53-51-49-47-45-43-14-12-10-8-6-4-2/h5,7,11,13,16-17,19-20,22-23,25-26,28-29,31-32,34-35,37-38,40-41,59H,3-4,6,8-10,12,14-15,18,21,24,27,30,33,36,39,42-58,62H2,1-2H3,(H,65,66)/b7-5-,13-11-,17-16-,20-19-,23-22-,26-25-,29-28-,32-31-,35-34-,38-37-,41-40-. The summed E-state index contributed by atoms with van der Waals surface area (Å²) in [6, 6.07) is 0. The van der Waals surface area contributed by atoms with Gasteiger partial charge in [-0.25, -0.2) is 4.57 Å². The van der Waals surface area contributed by atoms with Crippen LogP contribution in [0.2, 0.25) is 0 Å². The van der Waals surface area contributed by atoms with Gasteiger partial charge < -0.3 is 20.1 Å². The Balaban J connectivity index is 4.03. The highest BCUT2D eigenvalue weighted by atomic mass is 31.2. The van der Waals surface area contributed by atoms with Gasteiger partial charge in [-0.15, -0.1) is 0 Å². The summed E-state index contributed by atoms with van der Waals surface area (Å²) in [5, 5.41) is 0. The number of carbonyl (C=O) groups excluding carboxylic acids is 2. The molecule has 0 saturated carbocycles. The SMILES string of the molecule is CC/C=C\C/C=C\C/C=C\C/C=C\C/C=C\C/C=C\C/C=C\C/C=C\C/C=C\C/C=C\C/C=C\CCCCCCCC(=O)OC(COC(=O)CCCCCCCCCCCCC)COP(=O)(O)OCCN. The van der Waals surface area contributed by atoms with Crippen molar-refractivity contribution in [2.75, 3.05) is 26.4 Å². The van der Waals surface area contributed by atoms with Crippen molar-refractivity contribution in [3.8, 4) is 0 Å². The van der Waals surface area contributed by atoms with Crippen LogP contribution in [0.1, 0.15) is 206 Å². The van der Waals surface area contributed by atoms with Crippen molar-refractivity contribution in [2.24, 2.45) is 5.73 Å². The molecule has 0 aromatic carbocycles. The number of carbonyl (C=O) groups is 2. The first kappa shape index (κ1) is 67.1. The molecule has 0 amide bonds. The van der Waals surface area contributed by atoms with Gasteiger partial charge in [-0.1, -0.05) is 231 Å². The summed E-state index contributed by atoms with van der Waals surface area (Å²) in [5.41, 5.74) is 5.36. The Bertz CT molecular complexity index is 1620. The van der Waals surface area contributed by atoms with E-state index >= 15 is 0 Å². The van der Waals surface area contributed by atoms with Crippen molar-refractivity contribution in [3.05, 3.63) is 134 Å². The van der Waals surface area contributed by atoms with E-state index in [2.05, 4.69) is 148 Å². The molecule has 0 fully saturated rings. The van der Waals surface area contributed by atoms with Crippen molar-refractivity contribution in [3.63, 3.8) is 0 Å². The number of phosphoric acid groups is 1. The van der Waals surface area contributed by atoms with E-state index in [-0.39, 0.29) is 32.6 Å². The van der Waals surface area contributed by atoms with Crippen LogP contribution in [0, 0.1) is 0 Å². The van der Waals surface area contributed by atoms with Gasteiger partial charge in [0.05, 0.1) is 13.2 Å². The number of esters is 2. The molecule has 0 rings (SSSR count). The second-order valence-corrected chi connectivity index (χ2v) is 19.2. The van der Waals surface area contributed by atoms with Gasteiger partial charge in [-0.3, -0.25) is 18.6 Å². The first-order valence-corrected chi connectivity index (χ1v) is 29.2. The maximum Gasteiger partial charge on any atom is 0.472 e. The number of phosphoric ester groups is 1. The molecule has 0 heterocycles. The van der Waals surface area contributed by atoms with Crippen LogP contribution in [0.25, 0.3) is 0 Å². The van der Waals surface area contributed by atoms with Crippen LogP contribution >= 0.6 is 7.82 Å². The molecule has 0 aromatic heterocycles. The number of rotatable bonds is 50. The third-order valence-corrected chi connectivity index (χ3v) is 12.0. The maximum absolute atomic E-state index is 12.6. The summed E-state index contributed by atoms with van der Waals surface area (Å²) < 4.78 is 32.8. The van der Waals surface area contributed by atoms with Gasteiger partial charge in [0.2, 0.25) is 0 Å². The second-order valence-electron chi connectivity index (χ2n) is 17.7. The lowest BCUT2D eigenvalue weighted by Crippen LogP contribution is -2.29. The van der Waals surface area contributed by atoms with E-state index in [9.17, 15) is 19.0 Å². The van der Waals surface area contributed by atoms with Crippen molar-refractivity contribution in [2.45, 2.75) is 213 Å². The monoisotopic (exact) mass is 1010 g/mol. The summed E-state index contributed by atoms with van der Waals surface area (Å²) in [6.45, 7) is 3.57. The number of allylic oxidation sites excluding steroid dienone is 22. The molecule has 3 N–H and O–H groups in total. The van der Waals surface area contributed by atoms with Crippen LogP contribution in [0.3, 0.4) is 0 Å². The zero-order valence-corrected chi connectivity index (χ0v) is 45.5. The molecule has 10 heteroatoms. The Morgan fingerprint density at radius 2 is 0.775 bits per heavy atom. The molecule has 2 unspecified atom stereocenters. The van der Waals surface area contributed by atoms with Crippen LogP contribution in [-0.2, 0) is 32.7 Å². The molecule has 0 aromatic rings. The van der Waals surface area contributed by atoms with Crippen LogP contribution in [0.4, 0.5) is 0 Å². The maximum atomic E-state index is 12.6. The Morgan fingerprint density at radius 3 is 1.15 bits per heavy atom. The van der Waals surface area contributed by atoms with E-state index < -0.39 is 32.5 Å². The van der Waals surface area contributed by atoms with Gasteiger partial charge >= 0.3 is 19.8 Å². The smallest absolute Gasteiger partial charge is 0.462 e. The minimum absolute atomic E-state index is 0.0443. The number of unbranched alkanes of at least 4 members (excludes halogenated alkanes) is 15. The quantitative estimate of drug-likeness (QED) is 0.0264. The van der Waals surface area contributed by atoms with Gasteiger partial charge in [0, 0.05) is 19.4 Å². The van der Waals surface area contributed by atoms with Crippen LogP contribution in [0.5, 0.6) is 0 Å². The number of hydrogen-bond acceptors (Lipinski definition) is 8. The van der Waals surface area contributed by atoms with E-state index in [4.69, 9.17) is 24.3 Å². The topological polar surface area (TPSA) is 134 Å². The first-order valence-electron chi connectivity index (χ1n) is 27.7. The zero-order valence-electron chi connectivity index (χ0n) is 44.7. The minimum Gasteiger partial charge on any atom is -0.462 e. The van der Waals surface area contributed by atoms with Gasteiger partial charge in [-0.05, 0) is 96.3 Å². The lowest BCUT2D eigenvalue weighted by atomic mass is 10.1. The summed E-state index contributed by atoms with van der Waals surface area (Å²) in [7, 11) is -4.39. The van der Waals surface area contributed by atoms with Crippen LogP contribution in [-0.4, -0.2) is 49.3 Å². The Hall–Kier alpha value is -3.85. The fourth-order valence-electron chi connectivity index (χ4n) is 6.99. The Morgan fingerprint density at radius 1 is 0.437 bits per heavy atom. The summed E-state index contributed by atoms with van der Waals surface area (Å²) in [4.78, 5) is 35.0. The zero-order chi connectivity index (χ0) is 51.7. The van der Waals surface area contributed by atoms with Crippen molar-refractivity contribution in [1.29, 1.82) is 0 Å². The van der Waals surface area contributed by atoms with Gasteiger partial charge in [0.25, 0.3) is 0 Å². The van der Waals surface area contributed by atoms with E-state index in [1.54, 1.807) is 0 Å². The Labute approximate surface area is 434 Å². The number of hydrogen-bond donors (Lipinski definition) is 2. The van der Waals surface area contributed by atoms with Crippen molar-refractivity contribution >= 4 is 19.8 Å². The molecule has 402 valence electrons. The number of ether oxygens (including phenoxy) is 2. The predicted octanol–water partition coefficient (Wildman–Crippen LogP) is 17.4. The molecule has 0 bridgehead atoms. The van der Waals surface area contributed by atoms with E-state index in [1.165, 1.54) is 51.4 Å². The van der Waals surface area contributed by atoms with E-state index in [0.717, 1.165) is 122 Å². The summed E-state index contributed by atoms with van der Waals surface area (Å²) in [5.74, 6) is -0.859. The van der Waals surface area contributed by atoms with Gasteiger partial charge in [0.15, 0.2) is 6.10 Å². The molecule has 0 radical (unpaired) electrons. The normalized spacial score (nSPS) is 14.1. The molecule has 2 atom stereocenters. The molecule has 0 saturated heterocycles. The average molecular weight is 1010 g/mol. The third kappa shape index (κ3) is 55.3. The highest BCUT2D eigenvalue weighted by Gasteiger charge is 2.26. The molecule has 0 aliphatic rings. The first-order chi connectivity index (χ1) is 34.8. The lowest BCUT2D eigenvalue weighted by molar-refractivity contribution is -0.161. The molecule has 0 aliphatic heterocycles. The minimum atomic E-state index is -4.39. The fraction of sp³-hybridized carbons (Fsp3) is 0.607. The molecule has 9 nitrogen and oxygen atoms in total. The predicted molar refractivity (Wildman–Crippen MR) is 302 cm³/mol. The molecule has 71 heavy (non-hydrogen) atoms. The molecular formula is C61H100NO8P. The average Bonchev–Trinajstić information content (AvgIpc) is 3.36. The second kappa shape index (κ2) is 55.5. The van der Waals surface area contributed by atoms with Crippen molar-refractivity contribution < 1.29 is 37.6 Å². The highest BCUT2D eigenvalue weighted by molar-refractivity contribution is 7.47. The van der Waals surface area contributed by atoms with Gasteiger partial charge in [-0.2, -0.15) is 0 Å². The number of nitrogens with two attached hydrogens (primary N) is 1. The molecular weight excluding hydrogens is 906 g/mol. The van der Waals surface area contributed by atoms with Gasteiger partial charge in [0.1, 0.15) is 6.61 Å². The highest BCUT2D eigenvalue weighted by Crippen LogP contribution is 2.43. The summed E-state index contributed by atoms with van der Waals surface area (Å²) >= 11 is 0. The lowest BCUT2D eigenvalue weighted by Gasteiger charge is -2.19. The molecule has 0 aliphatic carbocycles. The molecule has 0 spiro atoms. The third-order valence-electron chi connectivity index (χ3n) is 11.1. The largest absolute Gasteiger partial charge is 0.472 e. The fourth-order valence-corrected chi connectivity index (χ4v) is 7.76. The van der Waals surface area contributed by atoms with E-state index in [1.807, 2.05) is 0 Å². The Kier molecular flexibility index (Phi) is 52.5. The van der Waals surface area contributed by atoms with Crippen LogP contribution < -0.4 is 5.73 Å².